The summed E-state index contributed by atoms with van der Waals surface area (Å²) >= 11 is 0. The van der Waals surface area contributed by atoms with Crippen LogP contribution in [0.15, 0.2) is 42.5 Å². The second kappa shape index (κ2) is 18.6. The minimum absolute atomic E-state index is 0.207. The third-order valence-corrected chi connectivity index (χ3v) is 7.38. The number of methoxy groups -OCH3 is 2. The molecule has 0 atom stereocenters. The van der Waals surface area contributed by atoms with E-state index >= 15 is 0 Å². The molecule has 45 heavy (non-hydrogen) atoms. The Kier molecular flexibility index (Phi) is 13.9. The number of carbonyl (C=O) groups excluding carboxylic acids is 1. The van der Waals surface area contributed by atoms with E-state index < -0.39 is 0 Å². The molecule has 0 radical (unpaired) electrons. The lowest BCUT2D eigenvalue weighted by molar-refractivity contribution is 0.0511. The molecule has 4 rings (SSSR count). The summed E-state index contributed by atoms with van der Waals surface area (Å²) < 4.78 is 21.8. The monoisotopic (exact) mass is 622 g/mol. The first-order chi connectivity index (χ1) is 22.1. The first-order valence-electron chi connectivity index (χ1n) is 15.5. The van der Waals surface area contributed by atoms with Crippen LogP contribution in [-0.2, 0) is 16.0 Å². The van der Waals surface area contributed by atoms with E-state index in [9.17, 15) is 4.79 Å². The van der Waals surface area contributed by atoms with Gasteiger partial charge in [-0.05, 0) is 43.0 Å². The van der Waals surface area contributed by atoms with Crippen LogP contribution in [0.5, 0.6) is 11.5 Å². The summed E-state index contributed by atoms with van der Waals surface area (Å²) in [5.74, 6) is 2.89. The van der Waals surface area contributed by atoms with Gasteiger partial charge in [0.25, 0.3) is 5.91 Å². The predicted octanol–water partition coefficient (Wildman–Crippen LogP) is 3.96. The second-order valence-electron chi connectivity index (χ2n) is 10.7. The van der Waals surface area contributed by atoms with Gasteiger partial charge in [-0.2, -0.15) is 15.0 Å². The fourth-order valence-corrected chi connectivity index (χ4v) is 5.10. The smallest absolute Gasteiger partial charge is 0.251 e. The maximum atomic E-state index is 12.8. The normalized spacial score (nSPS) is 13.2. The molecule has 13 nitrogen and oxygen atoms in total. The highest BCUT2D eigenvalue weighted by atomic mass is 16.5. The van der Waals surface area contributed by atoms with E-state index in [1.54, 1.807) is 32.4 Å². The average Bonchev–Trinajstić information content (AvgIpc) is 3.07. The van der Waals surface area contributed by atoms with E-state index in [0.717, 1.165) is 12.1 Å². The van der Waals surface area contributed by atoms with Gasteiger partial charge in [0.05, 0.1) is 40.6 Å². The molecule has 244 valence electrons. The highest BCUT2D eigenvalue weighted by molar-refractivity contribution is 5.95. The zero-order valence-electron chi connectivity index (χ0n) is 26.3. The van der Waals surface area contributed by atoms with Gasteiger partial charge in [0.2, 0.25) is 17.8 Å². The first-order valence-corrected chi connectivity index (χ1v) is 15.5. The van der Waals surface area contributed by atoms with Gasteiger partial charge in [-0.3, -0.25) is 4.79 Å². The average molecular weight is 623 g/mol. The predicted molar refractivity (Wildman–Crippen MR) is 175 cm³/mol. The van der Waals surface area contributed by atoms with Crippen molar-refractivity contribution in [2.24, 2.45) is 11.7 Å². The Labute approximate surface area is 265 Å². The zero-order valence-corrected chi connectivity index (χ0v) is 26.3. The number of hydrogen-bond acceptors (Lipinski definition) is 12. The summed E-state index contributed by atoms with van der Waals surface area (Å²) in [5.41, 5.74) is 7.46. The number of hydrogen-bond donors (Lipinski definition) is 5. The number of nitrogens with zero attached hydrogens (tertiary/aromatic N) is 3. The molecule has 1 aromatic heterocycles. The lowest BCUT2D eigenvalue weighted by Crippen LogP contribution is -2.27. The number of aromatic nitrogens is 3. The number of nitrogens with two attached hydrogens (primary N) is 1. The Morgan fingerprint density at radius 1 is 0.867 bits per heavy atom. The standard InChI is InChI=1S/C32H46N8O5/c1-42-27-13-7-11-25(28(27)43-2)22-36-31-38-30(35-21-23-8-4-3-5-9-23)39-32(40-31)37-26-12-6-10-24(20-26)29(41)34-15-17-45-19-18-44-16-14-33/h6-7,10-13,20,23H,3-5,8-9,14-19,21-22,33H2,1-2H3,(H,34,41)(H3,35,36,37,38,39,40). The number of ether oxygens (including phenoxy) is 4. The van der Waals surface area contributed by atoms with E-state index in [2.05, 4.69) is 36.2 Å². The molecule has 6 N–H and O–H groups in total. The molecule has 1 fully saturated rings. The molecule has 13 heteroatoms. The topological polar surface area (TPSA) is 167 Å². The molecule has 0 unspecified atom stereocenters. The second-order valence-corrected chi connectivity index (χ2v) is 10.7. The van der Waals surface area contributed by atoms with Crippen LogP contribution in [0.3, 0.4) is 0 Å². The largest absolute Gasteiger partial charge is 0.493 e. The summed E-state index contributed by atoms with van der Waals surface area (Å²) in [6.07, 6.45) is 6.22. The van der Waals surface area contributed by atoms with Crippen LogP contribution >= 0.6 is 0 Å². The molecule has 1 aliphatic carbocycles. The van der Waals surface area contributed by atoms with Gasteiger partial charge in [0.1, 0.15) is 0 Å². The first kappa shape index (κ1) is 33.7. The summed E-state index contributed by atoms with van der Waals surface area (Å²) in [7, 11) is 3.22. The fourth-order valence-electron chi connectivity index (χ4n) is 5.10. The number of amides is 1. The van der Waals surface area contributed by atoms with Gasteiger partial charge in [-0.1, -0.05) is 37.5 Å². The summed E-state index contributed by atoms with van der Waals surface area (Å²) in [6.45, 7) is 3.87. The Morgan fingerprint density at radius 2 is 1.60 bits per heavy atom. The van der Waals surface area contributed by atoms with Crippen molar-refractivity contribution in [3.63, 3.8) is 0 Å². The molecular weight excluding hydrogens is 576 g/mol. The number of rotatable bonds is 19. The highest BCUT2D eigenvalue weighted by Gasteiger charge is 2.16. The number of benzene rings is 2. The molecule has 1 amide bonds. The molecule has 0 saturated heterocycles. The molecule has 1 saturated carbocycles. The lowest BCUT2D eigenvalue weighted by Gasteiger charge is -2.22. The van der Waals surface area contributed by atoms with Crippen LogP contribution in [0.4, 0.5) is 23.5 Å². The van der Waals surface area contributed by atoms with Crippen molar-refractivity contribution in [3.8, 4) is 11.5 Å². The minimum atomic E-state index is -0.207. The quantitative estimate of drug-likeness (QED) is 0.122. The van der Waals surface area contributed by atoms with E-state index in [1.165, 1.54) is 32.1 Å². The van der Waals surface area contributed by atoms with Gasteiger partial charge in [-0.15, -0.1) is 0 Å². The van der Waals surface area contributed by atoms with Crippen molar-refractivity contribution in [2.75, 3.05) is 76.2 Å². The maximum Gasteiger partial charge on any atom is 0.251 e. The van der Waals surface area contributed by atoms with E-state index in [-0.39, 0.29) is 5.91 Å². The van der Waals surface area contributed by atoms with E-state index in [0.29, 0.717) is 92.6 Å². The maximum absolute atomic E-state index is 12.8. The van der Waals surface area contributed by atoms with Crippen molar-refractivity contribution in [1.82, 2.24) is 20.3 Å². The number of para-hydroxylation sites is 1. The SMILES string of the molecule is COc1cccc(CNc2nc(NCC3CCCCC3)nc(Nc3cccc(C(=O)NCCOCCOCCN)c3)n2)c1OC. The van der Waals surface area contributed by atoms with Crippen molar-refractivity contribution in [1.29, 1.82) is 0 Å². The van der Waals surface area contributed by atoms with Gasteiger partial charge >= 0.3 is 0 Å². The Bertz CT molecular complexity index is 1340. The highest BCUT2D eigenvalue weighted by Crippen LogP contribution is 2.31. The summed E-state index contributed by atoms with van der Waals surface area (Å²) in [6, 6.07) is 12.9. The van der Waals surface area contributed by atoms with Crippen LogP contribution in [0.2, 0.25) is 0 Å². The number of nitrogens with one attached hydrogen (secondary N) is 4. The van der Waals surface area contributed by atoms with E-state index in [4.69, 9.17) is 24.7 Å². The summed E-state index contributed by atoms with van der Waals surface area (Å²) in [4.78, 5) is 26.7. The van der Waals surface area contributed by atoms with Gasteiger partial charge < -0.3 is 45.9 Å². The lowest BCUT2D eigenvalue weighted by atomic mass is 9.89. The van der Waals surface area contributed by atoms with Gasteiger partial charge in [-0.25, -0.2) is 0 Å². The fraction of sp³-hybridized carbons (Fsp3) is 0.500. The van der Waals surface area contributed by atoms with Crippen LogP contribution in [-0.4, -0.2) is 81.1 Å². The van der Waals surface area contributed by atoms with Crippen LogP contribution in [0.1, 0.15) is 48.0 Å². The van der Waals surface area contributed by atoms with Gasteiger partial charge in [0, 0.05) is 43.0 Å². The van der Waals surface area contributed by atoms with Crippen LogP contribution in [0.25, 0.3) is 0 Å². The molecule has 1 aliphatic rings. The molecule has 0 aliphatic heterocycles. The minimum Gasteiger partial charge on any atom is -0.493 e. The number of carbonyl (C=O) groups is 1. The Morgan fingerprint density at radius 3 is 2.36 bits per heavy atom. The molecule has 1 heterocycles. The van der Waals surface area contributed by atoms with Crippen molar-refractivity contribution in [3.05, 3.63) is 53.6 Å². The van der Waals surface area contributed by atoms with Crippen molar-refractivity contribution < 1.29 is 23.7 Å². The third kappa shape index (κ3) is 11.0. The molecule has 3 aromatic rings. The zero-order chi connectivity index (χ0) is 31.7. The third-order valence-electron chi connectivity index (χ3n) is 7.38. The molecule has 0 spiro atoms. The van der Waals surface area contributed by atoms with Crippen molar-refractivity contribution >= 4 is 29.4 Å². The van der Waals surface area contributed by atoms with E-state index in [1.807, 2.05) is 24.3 Å². The Balaban J connectivity index is 1.41. The molecular formula is C32H46N8O5. The van der Waals surface area contributed by atoms with Gasteiger partial charge in [0.15, 0.2) is 11.5 Å². The van der Waals surface area contributed by atoms with Crippen molar-refractivity contribution in [2.45, 2.75) is 38.6 Å². The molecule has 2 aromatic carbocycles. The number of anilines is 4. The van der Waals surface area contributed by atoms with Crippen LogP contribution in [0, 0.1) is 5.92 Å². The Hall–Kier alpha value is -4.20. The molecule has 0 bridgehead atoms. The summed E-state index contributed by atoms with van der Waals surface area (Å²) in [5, 5.41) is 12.8. The van der Waals surface area contributed by atoms with Crippen LogP contribution < -0.4 is 36.5 Å².